The van der Waals surface area contributed by atoms with Crippen LogP contribution in [0.15, 0.2) is 24.3 Å². The molecule has 0 aliphatic carbocycles. The maximum atomic E-state index is 12.7. The molecule has 2 aliphatic heterocycles. The molecule has 0 aromatic heterocycles. The molecule has 0 bridgehead atoms. The molecule has 0 radical (unpaired) electrons. The third kappa shape index (κ3) is 2.75. The first kappa shape index (κ1) is 15.4. The molecular weight excluding hydrogens is 286 g/mol. The molecule has 2 heterocycles. The Morgan fingerprint density at radius 3 is 2.95 bits per heavy atom. The molecule has 1 unspecified atom stereocenters. The van der Waals surface area contributed by atoms with E-state index in [-0.39, 0.29) is 18.6 Å². The summed E-state index contributed by atoms with van der Waals surface area (Å²) in [6.45, 7) is 2.34. The van der Waals surface area contributed by atoms with Crippen molar-refractivity contribution in [2.75, 3.05) is 46.6 Å². The van der Waals surface area contributed by atoms with Gasteiger partial charge in [-0.3, -0.25) is 4.79 Å². The smallest absolute Gasteiger partial charge is 0.254 e. The Bertz CT molecular complexity index is 538. The zero-order valence-electron chi connectivity index (χ0n) is 12.7. The Morgan fingerprint density at radius 1 is 1.50 bits per heavy atom. The summed E-state index contributed by atoms with van der Waals surface area (Å²) in [6, 6.07) is 7.50. The number of benzene rings is 1. The molecule has 6 nitrogen and oxygen atoms in total. The van der Waals surface area contributed by atoms with Gasteiger partial charge in [-0.05, 0) is 17.7 Å². The molecule has 2 saturated heterocycles. The zero-order valence-corrected chi connectivity index (χ0v) is 12.7. The molecular formula is C16H21NO5. The fourth-order valence-corrected chi connectivity index (χ4v) is 2.82. The highest BCUT2D eigenvalue weighted by Crippen LogP contribution is 2.33. The molecule has 1 N–H and O–H groups in total. The quantitative estimate of drug-likeness (QED) is 0.871. The largest absolute Gasteiger partial charge is 0.394 e. The third-order valence-electron chi connectivity index (χ3n) is 4.33. The minimum absolute atomic E-state index is 0.0462. The van der Waals surface area contributed by atoms with E-state index in [1.54, 1.807) is 18.1 Å². The fourth-order valence-electron chi connectivity index (χ4n) is 2.82. The SMILES string of the molecule is COC1(c2cccc(C(=O)N3CCOC(CO)C3)c2)COC1. The first-order chi connectivity index (χ1) is 10.7. The van der Waals surface area contributed by atoms with E-state index in [0.717, 1.165) is 5.56 Å². The minimum Gasteiger partial charge on any atom is -0.394 e. The minimum atomic E-state index is -0.436. The van der Waals surface area contributed by atoms with Gasteiger partial charge >= 0.3 is 0 Å². The van der Waals surface area contributed by atoms with Crippen molar-refractivity contribution in [2.24, 2.45) is 0 Å². The lowest BCUT2D eigenvalue weighted by atomic mass is 9.90. The molecule has 2 fully saturated rings. The van der Waals surface area contributed by atoms with E-state index < -0.39 is 5.60 Å². The second-order valence-corrected chi connectivity index (χ2v) is 5.70. The Labute approximate surface area is 129 Å². The number of hydrogen-bond donors (Lipinski definition) is 1. The number of ether oxygens (including phenoxy) is 3. The average molecular weight is 307 g/mol. The number of morpholine rings is 1. The summed E-state index contributed by atoms with van der Waals surface area (Å²) in [4.78, 5) is 14.4. The van der Waals surface area contributed by atoms with Crippen LogP contribution in [0, 0.1) is 0 Å². The van der Waals surface area contributed by atoms with E-state index in [9.17, 15) is 9.90 Å². The summed E-state index contributed by atoms with van der Waals surface area (Å²) in [5.41, 5.74) is 1.15. The van der Waals surface area contributed by atoms with Gasteiger partial charge in [-0.2, -0.15) is 0 Å². The second kappa shape index (κ2) is 6.34. The van der Waals surface area contributed by atoms with E-state index in [1.807, 2.05) is 18.2 Å². The van der Waals surface area contributed by atoms with Crippen molar-refractivity contribution in [1.29, 1.82) is 0 Å². The zero-order chi connectivity index (χ0) is 15.6. The Morgan fingerprint density at radius 2 is 2.32 bits per heavy atom. The van der Waals surface area contributed by atoms with Crippen molar-refractivity contribution in [3.05, 3.63) is 35.4 Å². The number of hydrogen-bond acceptors (Lipinski definition) is 5. The molecule has 22 heavy (non-hydrogen) atoms. The van der Waals surface area contributed by atoms with Gasteiger partial charge in [0.1, 0.15) is 5.60 Å². The Kier molecular flexibility index (Phi) is 4.44. The van der Waals surface area contributed by atoms with Crippen molar-refractivity contribution in [1.82, 2.24) is 4.90 Å². The number of nitrogens with zero attached hydrogens (tertiary/aromatic N) is 1. The maximum absolute atomic E-state index is 12.7. The first-order valence-electron chi connectivity index (χ1n) is 7.44. The van der Waals surface area contributed by atoms with Gasteiger partial charge in [0.2, 0.25) is 0 Å². The van der Waals surface area contributed by atoms with Crippen LogP contribution < -0.4 is 0 Å². The van der Waals surface area contributed by atoms with Crippen LogP contribution in [0.5, 0.6) is 0 Å². The van der Waals surface area contributed by atoms with Crippen molar-refractivity contribution in [3.8, 4) is 0 Å². The number of rotatable bonds is 4. The maximum Gasteiger partial charge on any atom is 0.254 e. The molecule has 1 aromatic rings. The van der Waals surface area contributed by atoms with Crippen LogP contribution in [-0.2, 0) is 19.8 Å². The van der Waals surface area contributed by atoms with Crippen LogP contribution >= 0.6 is 0 Å². The number of aliphatic hydroxyl groups excluding tert-OH is 1. The van der Waals surface area contributed by atoms with E-state index >= 15 is 0 Å². The van der Waals surface area contributed by atoms with Crippen LogP contribution in [0.2, 0.25) is 0 Å². The van der Waals surface area contributed by atoms with Crippen LogP contribution in [0.4, 0.5) is 0 Å². The van der Waals surface area contributed by atoms with E-state index in [1.165, 1.54) is 0 Å². The second-order valence-electron chi connectivity index (χ2n) is 5.70. The van der Waals surface area contributed by atoms with E-state index in [4.69, 9.17) is 14.2 Å². The highest BCUT2D eigenvalue weighted by atomic mass is 16.6. The fraction of sp³-hybridized carbons (Fsp3) is 0.562. The summed E-state index contributed by atoms with van der Waals surface area (Å²) < 4.78 is 16.2. The number of amides is 1. The lowest BCUT2D eigenvalue weighted by molar-refractivity contribution is -0.202. The third-order valence-corrected chi connectivity index (χ3v) is 4.33. The Hall–Kier alpha value is -1.47. The summed E-state index contributed by atoms with van der Waals surface area (Å²) in [7, 11) is 1.66. The van der Waals surface area contributed by atoms with Gasteiger partial charge in [0.25, 0.3) is 5.91 Å². The number of carbonyl (C=O) groups excluding carboxylic acids is 1. The van der Waals surface area contributed by atoms with Crippen molar-refractivity contribution in [2.45, 2.75) is 11.7 Å². The van der Waals surface area contributed by atoms with E-state index in [2.05, 4.69) is 0 Å². The molecule has 6 heteroatoms. The monoisotopic (exact) mass is 307 g/mol. The highest BCUT2D eigenvalue weighted by Gasteiger charge is 2.41. The highest BCUT2D eigenvalue weighted by molar-refractivity contribution is 5.94. The standard InChI is InChI=1S/C16H21NO5/c1-20-16(10-21-11-16)13-4-2-3-12(7-13)15(19)17-5-6-22-14(8-17)9-18/h2-4,7,14,18H,5-6,8-11H2,1H3. The number of carbonyl (C=O) groups is 1. The van der Waals surface area contributed by atoms with Crippen molar-refractivity contribution >= 4 is 5.91 Å². The van der Waals surface area contributed by atoms with Gasteiger partial charge in [-0.1, -0.05) is 12.1 Å². The normalized spacial score (nSPS) is 23.9. The first-order valence-corrected chi connectivity index (χ1v) is 7.44. The summed E-state index contributed by atoms with van der Waals surface area (Å²) in [5.74, 6) is -0.0462. The molecule has 3 rings (SSSR count). The van der Waals surface area contributed by atoms with Gasteiger partial charge in [-0.25, -0.2) is 0 Å². The number of aliphatic hydroxyl groups is 1. The van der Waals surface area contributed by atoms with Crippen LogP contribution in [0.3, 0.4) is 0 Å². The summed E-state index contributed by atoms with van der Waals surface area (Å²) in [6.07, 6.45) is -0.300. The van der Waals surface area contributed by atoms with Gasteiger partial charge < -0.3 is 24.2 Å². The molecule has 0 saturated carbocycles. The molecule has 1 atom stereocenters. The van der Waals surface area contributed by atoms with Gasteiger partial charge in [-0.15, -0.1) is 0 Å². The lowest BCUT2D eigenvalue weighted by Gasteiger charge is -2.40. The summed E-state index contributed by atoms with van der Waals surface area (Å²) >= 11 is 0. The summed E-state index contributed by atoms with van der Waals surface area (Å²) in [5, 5.41) is 9.19. The van der Waals surface area contributed by atoms with Crippen LogP contribution in [-0.4, -0.2) is 68.6 Å². The molecule has 0 spiro atoms. The topological polar surface area (TPSA) is 68.2 Å². The van der Waals surface area contributed by atoms with E-state index in [0.29, 0.717) is 38.5 Å². The van der Waals surface area contributed by atoms with Gasteiger partial charge in [0.05, 0.1) is 32.5 Å². The van der Waals surface area contributed by atoms with Crippen LogP contribution in [0.25, 0.3) is 0 Å². The van der Waals surface area contributed by atoms with Crippen molar-refractivity contribution in [3.63, 3.8) is 0 Å². The van der Waals surface area contributed by atoms with Crippen molar-refractivity contribution < 1.29 is 24.1 Å². The van der Waals surface area contributed by atoms with Gasteiger partial charge in [0, 0.05) is 25.8 Å². The van der Waals surface area contributed by atoms with Crippen LogP contribution in [0.1, 0.15) is 15.9 Å². The molecule has 2 aliphatic rings. The molecule has 1 amide bonds. The van der Waals surface area contributed by atoms with Gasteiger partial charge in [0.15, 0.2) is 0 Å². The predicted octanol–water partition coefficient (Wildman–Crippen LogP) is 0.392. The molecule has 1 aromatic carbocycles. The predicted molar refractivity (Wildman–Crippen MR) is 78.7 cm³/mol. The Balaban J connectivity index is 1.78. The lowest BCUT2D eigenvalue weighted by Crippen LogP contribution is -2.49. The number of methoxy groups -OCH3 is 1. The molecule has 120 valence electrons. The average Bonchev–Trinajstić information content (AvgIpc) is 2.54.